The summed E-state index contributed by atoms with van der Waals surface area (Å²) in [7, 11) is 0. The monoisotopic (exact) mass is 386 g/mol. The van der Waals surface area contributed by atoms with Gasteiger partial charge in [-0.15, -0.1) is 0 Å². The average molecular weight is 387 g/mol. The van der Waals surface area contributed by atoms with Crippen LogP contribution < -0.4 is 5.32 Å². The molecule has 154 valence electrons. The van der Waals surface area contributed by atoms with Gasteiger partial charge in [-0.1, -0.05) is 30.3 Å². The van der Waals surface area contributed by atoms with Crippen LogP contribution in [0.5, 0.6) is 0 Å². The first kappa shape index (κ1) is 19.9. The van der Waals surface area contributed by atoms with Crippen LogP contribution in [0.3, 0.4) is 0 Å². The van der Waals surface area contributed by atoms with Crippen molar-refractivity contribution in [2.24, 2.45) is 5.92 Å². The molecule has 0 spiro atoms. The van der Waals surface area contributed by atoms with Crippen LogP contribution in [0.1, 0.15) is 50.5 Å². The molecule has 28 heavy (non-hydrogen) atoms. The van der Waals surface area contributed by atoms with Crippen molar-refractivity contribution >= 4 is 5.91 Å². The molecule has 1 saturated heterocycles. The summed E-state index contributed by atoms with van der Waals surface area (Å²) in [6, 6.07) is 10.8. The molecule has 0 radical (unpaired) electrons. The highest BCUT2D eigenvalue weighted by Gasteiger charge is 2.40. The van der Waals surface area contributed by atoms with Gasteiger partial charge in [0, 0.05) is 37.5 Å². The van der Waals surface area contributed by atoms with Crippen LogP contribution in [-0.2, 0) is 14.9 Å². The number of aliphatic hydroxyl groups is 1. The number of carbonyl (C=O) groups excluding carboxylic acids is 1. The van der Waals surface area contributed by atoms with Gasteiger partial charge in [0.2, 0.25) is 5.91 Å². The Balaban J connectivity index is 1.49. The molecule has 5 heteroatoms. The van der Waals surface area contributed by atoms with Crippen molar-refractivity contribution in [2.45, 2.75) is 62.5 Å². The Labute approximate surface area is 168 Å². The van der Waals surface area contributed by atoms with Gasteiger partial charge < -0.3 is 15.2 Å². The number of rotatable bonds is 6. The molecule has 0 bridgehead atoms. The predicted molar refractivity (Wildman–Crippen MR) is 109 cm³/mol. The zero-order valence-electron chi connectivity index (χ0n) is 16.8. The normalized spacial score (nSPS) is 31.9. The molecule has 1 aliphatic heterocycles. The number of nitrogens with zero attached hydrogens (tertiary/aromatic N) is 1. The lowest BCUT2D eigenvalue weighted by molar-refractivity contribution is -0.121. The molecule has 3 aliphatic rings. The summed E-state index contributed by atoms with van der Waals surface area (Å²) in [4.78, 5) is 14.8. The standard InChI is InChI=1S/C23H34N2O3/c26-21-9-11-23(19-4-2-1-3-5-19,17-24-22(27)16-18-6-7-18)10-8-20(21)25-12-14-28-15-13-25/h1-5,18,20-21,26H,6-17H2,(H,24,27)/t20-,21-,23+/m0/s1. The summed E-state index contributed by atoms with van der Waals surface area (Å²) >= 11 is 0. The van der Waals surface area contributed by atoms with E-state index in [0.717, 1.165) is 52.0 Å². The molecule has 3 atom stereocenters. The SMILES string of the molecule is O=C(CC1CC1)NC[C@]1(c2ccccc2)CC[C@H](O)[C@@H](N2CCOCC2)CC1. The molecule has 3 fully saturated rings. The van der Waals surface area contributed by atoms with Crippen molar-refractivity contribution in [3.63, 3.8) is 0 Å². The van der Waals surface area contributed by atoms with Gasteiger partial charge >= 0.3 is 0 Å². The van der Waals surface area contributed by atoms with E-state index in [9.17, 15) is 9.90 Å². The maximum Gasteiger partial charge on any atom is 0.220 e. The number of amides is 1. The van der Waals surface area contributed by atoms with E-state index in [2.05, 4.69) is 34.5 Å². The highest BCUT2D eigenvalue weighted by Crippen LogP contribution is 2.39. The molecule has 1 amide bonds. The molecule has 5 nitrogen and oxygen atoms in total. The van der Waals surface area contributed by atoms with Gasteiger partial charge in [0.1, 0.15) is 0 Å². The van der Waals surface area contributed by atoms with E-state index in [1.807, 2.05) is 6.07 Å². The summed E-state index contributed by atoms with van der Waals surface area (Å²) in [5.74, 6) is 0.793. The summed E-state index contributed by atoms with van der Waals surface area (Å²) < 4.78 is 5.50. The number of ether oxygens (including phenoxy) is 1. The third-order valence-electron chi connectivity index (χ3n) is 6.98. The van der Waals surface area contributed by atoms with E-state index < -0.39 is 0 Å². The Morgan fingerprint density at radius 3 is 2.54 bits per heavy atom. The molecule has 2 saturated carbocycles. The first-order chi connectivity index (χ1) is 13.7. The lowest BCUT2D eigenvalue weighted by Crippen LogP contribution is -2.48. The highest BCUT2D eigenvalue weighted by atomic mass is 16.5. The van der Waals surface area contributed by atoms with Crippen LogP contribution >= 0.6 is 0 Å². The molecule has 2 aliphatic carbocycles. The number of benzene rings is 1. The maximum absolute atomic E-state index is 12.4. The molecule has 1 aromatic rings. The second kappa shape index (κ2) is 8.93. The zero-order chi connectivity index (χ0) is 19.4. The zero-order valence-corrected chi connectivity index (χ0v) is 16.8. The minimum atomic E-state index is -0.314. The summed E-state index contributed by atoms with van der Waals surface area (Å²) in [5.41, 5.74) is 1.19. The molecule has 0 unspecified atom stereocenters. The van der Waals surface area contributed by atoms with E-state index in [4.69, 9.17) is 4.74 Å². The van der Waals surface area contributed by atoms with Gasteiger partial charge in [0.15, 0.2) is 0 Å². The van der Waals surface area contributed by atoms with Gasteiger partial charge in [-0.3, -0.25) is 9.69 Å². The first-order valence-corrected chi connectivity index (χ1v) is 11.0. The van der Waals surface area contributed by atoms with Gasteiger partial charge in [-0.25, -0.2) is 0 Å². The van der Waals surface area contributed by atoms with Crippen molar-refractivity contribution in [3.05, 3.63) is 35.9 Å². The van der Waals surface area contributed by atoms with Crippen LogP contribution in [0, 0.1) is 5.92 Å². The average Bonchev–Trinajstić information content (AvgIpc) is 3.56. The Hall–Kier alpha value is -1.43. The molecule has 1 aromatic carbocycles. The Morgan fingerprint density at radius 2 is 1.82 bits per heavy atom. The van der Waals surface area contributed by atoms with Crippen molar-refractivity contribution in [1.29, 1.82) is 0 Å². The number of hydrogen-bond acceptors (Lipinski definition) is 4. The van der Waals surface area contributed by atoms with Crippen molar-refractivity contribution in [2.75, 3.05) is 32.8 Å². The van der Waals surface area contributed by atoms with Gasteiger partial charge in [-0.2, -0.15) is 0 Å². The van der Waals surface area contributed by atoms with E-state index in [0.29, 0.717) is 18.9 Å². The van der Waals surface area contributed by atoms with E-state index >= 15 is 0 Å². The van der Waals surface area contributed by atoms with Crippen LogP contribution in [-0.4, -0.2) is 60.9 Å². The van der Waals surface area contributed by atoms with E-state index in [1.165, 1.54) is 18.4 Å². The Kier molecular flexibility index (Phi) is 6.34. The number of hydrogen-bond donors (Lipinski definition) is 2. The minimum absolute atomic E-state index is 0.0948. The van der Waals surface area contributed by atoms with Crippen molar-refractivity contribution < 1.29 is 14.6 Å². The summed E-state index contributed by atoms with van der Waals surface area (Å²) in [6.07, 6.45) is 6.37. The second-order valence-corrected chi connectivity index (χ2v) is 8.93. The third-order valence-corrected chi connectivity index (χ3v) is 6.98. The Morgan fingerprint density at radius 1 is 1.11 bits per heavy atom. The molecule has 1 heterocycles. The lowest BCUT2D eigenvalue weighted by Gasteiger charge is -2.37. The van der Waals surface area contributed by atoms with Gasteiger partial charge in [0.25, 0.3) is 0 Å². The molecule has 0 aromatic heterocycles. The quantitative estimate of drug-likeness (QED) is 0.738. The molecular weight excluding hydrogens is 352 g/mol. The third kappa shape index (κ3) is 4.76. The van der Waals surface area contributed by atoms with Crippen molar-refractivity contribution in [3.8, 4) is 0 Å². The number of carbonyl (C=O) groups is 1. The van der Waals surface area contributed by atoms with Gasteiger partial charge in [0.05, 0.1) is 19.3 Å². The second-order valence-electron chi connectivity index (χ2n) is 8.93. The maximum atomic E-state index is 12.4. The van der Waals surface area contributed by atoms with Crippen LogP contribution in [0.4, 0.5) is 0 Å². The lowest BCUT2D eigenvalue weighted by atomic mass is 9.74. The number of morpholine rings is 1. The fraction of sp³-hybridized carbons (Fsp3) is 0.696. The van der Waals surface area contributed by atoms with Crippen molar-refractivity contribution in [1.82, 2.24) is 10.2 Å². The summed E-state index contributed by atoms with van der Waals surface area (Å²) in [5, 5.41) is 14.2. The van der Waals surface area contributed by atoms with E-state index in [-0.39, 0.29) is 23.5 Å². The highest BCUT2D eigenvalue weighted by molar-refractivity contribution is 5.76. The van der Waals surface area contributed by atoms with Crippen LogP contribution in [0.15, 0.2) is 30.3 Å². The largest absolute Gasteiger partial charge is 0.391 e. The smallest absolute Gasteiger partial charge is 0.220 e. The molecular formula is C23H34N2O3. The fourth-order valence-corrected chi connectivity index (χ4v) is 4.98. The molecule has 4 rings (SSSR count). The number of aliphatic hydroxyl groups excluding tert-OH is 1. The van der Waals surface area contributed by atoms with Crippen LogP contribution in [0.25, 0.3) is 0 Å². The minimum Gasteiger partial charge on any atom is -0.391 e. The van der Waals surface area contributed by atoms with Gasteiger partial charge in [-0.05, 0) is 50.0 Å². The topological polar surface area (TPSA) is 61.8 Å². The fourth-order valence-electron chi connectivity index (χ4n) is 4.98. The van der Waals surface area contributed by atoms with E-state index in [1.54, 1.807) is 0 Å². The number of nitrogens with one attached hydrogen (secondary N) is 1. The summed E-state index contributed by atoms with van der Waals surface area (Å²) in [6.45, 7) is 3.98. The first-order valence-electron chi connectivity index (χ1n) is 11.0. The van der Waals surface area contributed by atoms with Crippen LogP contribution in [0.2, 0.25) is 0 Å². The predicted octanol–water partition coefficient (Wildman–Crippen LogP) is 2.48. The molecule has 2 N–H and O–H groups in total. The Bertz CT molecular complexity index is 643.